The van der Waals surface area contributed by atoms with Crippen LogP contribution in [0.5, 0.6) is 5.75 Å². The summed E-state index contributed by atoms with van der Waals surface area (Å²) in [5.74, 6) is -0.340. The van der Waals surface area contributed by atoms with Crippen molar-refractivity contribution in [3.63, 3.8) is 0 Å². The van der Waals surface area contributed by atoms with Gasteiger partial charge in [0.25, 0.3) is 5.91 Å². The van der Waals surface area contributed by atoms with E-state index < -0.39 is 0 Å². The molecule has 1 aliphatic carbocycles. The lowest BCUT2D eigenvalue weighted by atomic mass is 10.1. The molecule has 4 N–H and O–H groups in total. The number of rotatable bonds is 5. The van der Waals surface area contributed by atoms with Gasteiger partial charge in [0.15, 0.2) is 0 Å². The molecule has 0 unspecified atom stereocenters. The zero-order valence-electron chi connectivity index (χ0n) is 10.8. The number of nitrogens with zero attached hydrogens (tertiary/aromatic N) is 2. The van der Waals surface area contributed by atoms with Crippen molar-refractivity contribution < 1.29 is 15.1 Å². The van der Waals surface area contributed by atoms with Crippen molar-refractivity contribution in [2.24, 2.45) is 10.9 Å². The van der Waals surface area contributed by atoms with Crippen molar-refractivity contribution in [1.82, 2.24) is 4.90 Å². The fourth-order valence-corrected chi connectivity index (χ4v) is 2.13. The first-order valence-corrected chi connectivity index (χ1v) is 6.66. The second-order valence-electron chi connectivity index (χ2n) is 4.73. The van der Waals surface area contributed by atoms with E-state index in [1.165, 1.54) is 12.1 Å². The molecule has 0 spiro atoms. The second-order valence-corrected chi connectivity index (χ2v) is 5.17. The first kappa shape index (κ1) is 14.5. The summed E-state index contributed by atoms with van der Waals surface area (Å²) in [7, 11) is 0. The average Bonchev–Trinajstić information content (AvgIpc) is 3.23. The van der Waals surface area contributed by atoms with Gasteiger partial charge in [-0.2, -0.15) is 0 Å². The molecule has 1 aromatic carbocycles. The molecule has 20 heavy (non-hydrogen) atoms. The Kier molecular flexibility index (Phi) is 4.34. The number of amidine groups is 1. The Morgan fingerprint density at radius 1 is 1.50 bits per heavy atom. The highest BCUT2D eigenvalue weighted by Gasteiger charge is 2.33. The van der Waals surface area contributed by atoms with Crippen LogP contribution in [0.2, 0.25) is 5.02 Å². The molecule has 1 amide bonds. The maximum absolute atomic E-state index is 12.4. The van der Waals surface area contributed by atoms with E-state index >= 15 is 0 Å². The summed E-state index contributed by atoms with van der Waals surface area (Å²) < 4.78 is 0. The maximum Gasteiger partial charge on any atom is 0.257 e. The predicted molar refractivity (Wildman–Crippen MR) is 75.2 cm³/mol. The lowest BCUT2D eigenvalue weighted by Crippen LogP contribution is -2.36. The molecule has 6 nitrogen and oxygen atoms in total. The highest BCUT2D eigenvalue weighted by atomic mass is 35.5. The minimum atomic E-state index is -0.271. The molecule has 0 saturated heterocycles. The fraction of sp³-hybridized carbons (Fsp3) is 0.385. The molecule has 0 bridgehead atoms. The van der Waals surface area contributed by atoms with E-state index in [1.54, 1.807) is 11.0 Å². The van der Waals surface area contributed by atoms with Crippen LogP contribution in [-0.4, -0.2) is 39.5 Å². The molecule has 2 rings (SSSR count). The summed E-state index contributed by atoms with van der Waals surface area (Å²) >= 11 is 5.75. The molecule has 0 aromatic heterocycles. The number of halogens is 1. The van der Waals surface area contributed by atoms with Crippen LogP contribution in [0.3, 0.4) is 0 Å². The summed E-state index contributed by atoms with van der Waals surface area (Å²) in [6.45, 7) is 0.349. The van der Waals surface area contributed by atoms with Gasteiger partial charge in [-0.05, 0) is 31.0 Å². The first-order chi connectivity index (χ1) is 9.52. The molecular weight excluding hydrogens is 282 g/mol. The number of benzene rings is 1. The van der Waals surface area contributed by atoms with Crippen molar-refractivity contribution in [3.05, 3.63) is 28.8 Å². The summed E-state index contributed by atoms with van der Waals surface area (Å²) in [5.41, 5.74) is 5.63. The molecule has 1 aromatic rings. The largest absolute Gasteiger partial charge is 0.507 e. The number of hydrogen-bond acceptors (Lipinski definition) is 4. The molecule has 0 aliphatic heterocycles. The van der Waals surface area contributed by atoms with Crippen LogP contribution in [0.1, 0.15) is 29.6 Å². The van der Waals surface area contributed by atoms with E-state index in [9.17, 15) is 9.90 Å². The smallest absolute Gasteiger partial charge is 0.257 e. The fourth-order valence-electron chi connectivity index (χ4n) is 1.96. The average molecular weight is 298 g/mol. The summed E-state index contributed by atoms with van der Waals surface area (Å²) in [6.07, 6.45) is 2.14. The van der Waals surface area contributed by atoms with E-state index in [-0.39, 0.29) is 35.5 Å². The van der Waals surface area contributed by atoms with Gasteiger partial charge < -0.3 is 20.9 Å². The van der Waals surface area contributed by atoms with E-state index in [0.717, 1.165) is 12.8 Å². The van der Waals surface area contributed by atoms with Crippen LogP contribution in [0.25, 0.3) is 0 Å². The molecule has 0 radical (unpaired) electrons. The van der Waals surface area contributed by atoms with Gasteiger partial charge in [-0.3, -0.25) is 4.79 Å². The number of carbonyl (C=O) groups excluding carboxylic acids is 1. The minimum Gasteiger partial charge on any atom is -0.507 e. The van der Waals surface area contributed by atoms with E-state index in [1.807, 2.05) is 0 Å². The quantitative estimate of drug-likeness (QED) is 0.334. The van der Waals surface area contributed by atoms with Crippen LogP contribution >= 0.6 is 11.6 Å². The normalized spacial score (nSPS) is 15.2. The van der Waals surface area contributed by atoms with Crippen molar-refractivity contribution in [3.8, 4) is 5.75 Å². The maximum atomic E-state index is 12.4. The lowest BCUT2D eigenvalue weighted by Gasteiger charge is -2.22. The third-order valence-electron chi connectivity index (χ3n) is 3.18. The number of hydrogen-bond donors (Lipinski definition) is 3. The highest BCUT2D eigenvalue weighted by molar-refractivity contribution is 6.30. The number of aromatic hydroxyl groups is 1. The number of amides is 1. The van der Waals surface area contributed by atoms with Gasteiger partial charge in [-0.25, -0.2) is 0 Å². The topological polar surface area (TPSA) is 99.2 Å². The van der Waals surface area contributed by atoms with Crippen LogP contribution < -0.4 is 5.73 Å². The molecule has 1 aliphatic rings. The van der Waals surface area contributed by atoms with Crippen molar-refractivity contribution in [2.75, 3.05) is 6.54 Å². The molecular formula is C13H16ClN3O3. The molecule has 0 atom stereocenters. The monoisotopic (exact) mass is 297 g/mol. The standard InChI is InChI=1S/C13H16ClN3O3/c14-8-1-4-10(11(18)7-8)13(19)17(9-2-3-9)6-5-12(15)16-20/h1,4,7,9,18,20H,2-3,5-6H2,(H2,15,16). The van der Waals surface area contributed by atoms with Crippen LogP contribution in [0.4, 0.5) is 0 Å². The molecule has 1 fully saturated rings. The Hall–Kier alpha value is -1.95. The molecule has 108 valence electrons. The molecule has 0 heterocycles. The number of nitrogens with two attached hydrogens (primary N) is 1. The van der Waals surface area contributed by atoms with Crippen molar-refractivity contribution >= 4 is 23.3 Å². The number of phenols is 1. The van der Waals surface area contributed by atoms with Gasteiger partial charge >= 0.3 is 0 Å². The lowest BCUT2D eigenvalue weighted by molar-refractivity contribution is 0.0744. The zero-order chi connectivity index (χ0) is 14.7. The summed E-state index contributed by atoms with van der Waals surface area (Å²) in [6, 6.07) is 4.55. The SMILES string of the molecule is NC(CCN(C(=O)c1ccc(Cl)cc1O)C1CC1)=NO. The number of phenolic OH excluding ortho intramolecular Hbond substituents is 1. The van der Waals surface area contributed by atoms with Crippen LogP contribution in [0.15, 0.2) is 23.4 Å². The number of oxime groups is 1. The molecule has 1 saturated carbocycles. The summed E-state index contributed by atoms with van der Waals surface area (Å²) in [5, 5.41) is 21.6. The minimum absolute atomic E-state index is 0.0729. The Labute approximate surface area is 121 Å². The molecule has 7 heteroatoms. The van der Waals surface area contributed by atoms with Gasteiger partial charge in [-0.15, -0.1) is 0 Å². The van der Waals surface area contributed by atoms with Crippen molar-refractivity contribution in [2.45, 2.75) is 25.3 Å². The Morgan fingerprint density at radius 2 is 2.20 bits per heavy atom. The van der Waals surface area contributed by atoms with E-state index in [2.05, 4.69) is 5.16 Å². The van der Waals surface area contributed by atoms with E-state index in [0.29, 0.717) is 11.6 Å². The first-order valence-electron chi connectivity index (χ1n) is 6.29. The zero-order valence-corrected chi connectivity index (χ0v) is 11.5. The second kappa shape index (κ2) is 6.00. The van der Waals surface area contributed by atoms with Gasteiger partial charge in [0.2, 0.25) is 0 Å². The predicted octanol–water partition coefficient (Wildman–Crippen LogP) is 1.79. The van der Waals surface area contributed by atoms with Crippen LogP contribution in [0, 0.1) is 0 Å². The third kappa shape index (κ3) is 3.33. The van der Waals surface area contributed by atoms with Crippen molar-refractivity contribution in [1.29, 1.82) is 0 Å². The van der Waals surface area contributed by atoms with Crippen LogP contribution in [-0.2, 0) is 0 Å². The third-order valence-corrected chi connectivity index (χ3v) is 3.41. The summed E-state index contributed by atoms with van der Waals surface area (Å²) in [4.78, 5) is 14.1. The Bertz CT molecular complexity index is 544. The Balaban J connectivity index is 2.14. The van der Waals surface area contributed by atoms with Gasteiger partial charge in [-0.1, -0.05) is 16.8 Å². The van der Waals surface area contributed by atoms with Gasteiger partial charge in [0.05, 0.1) is 5.56 Å². The van der Waals surface area contributed by atoms with E-state index in [4.69, 9.17) is 22.5 Å². The Morgan fingerprint density at radius 3 is 2.75 bits per heavy atom. The van der Waals surface area contributed by atoms with Gasteiger partial charge in [0.1, 0.15) is 11.6 Å². The number of carbonyl (C=O) groups is 1. The van der Waals surface area contributed by atoms with Gasteiger partial charge in [0, 0.05) is 24.0 Å². The highest BCUT2D eigenvalue weighted by Crippen LogP contribution is 2.31.